The van der Waals surface area contributed by atoms with E-state index in [0.717, 1.165) is 4.90 Å². The summed E-state index contributed by atoms with van der Waals surface area (Å²) in [6, 6.07) is 0. The molecule has 10 heavy (non-hydrogen) atoms. The van der Waals surface area contributed by atoms with E-state index in [-0.39, 0.29) is 0 Å². The monoisotopic (exact) mass is 143 g/mol. The Morgan fingerprint density at radius 1 is 1.90 bits per heavy atom. The van der Waals surface area contributed by atoms with Gasteiger partial charge in [0.05, 0.1) is 0 Å². The van der Waals surface area contributed by atoms with Crippen molar-refractivity contribution < 1.29 is 13.9 Å². The van der Waals surface area contributed by atoms with E-state index in [0.29, 0.717) is 0 Å². The second-order valence-corrected chi connectivity index (χ2v) is 1.95. The molecule has 0 spiro atoms. The van der Waals surface area contributed by atoms with Crippen LogP contribution < -0.4 is 0 Å². The van der Waals surface area contributed by atoms with E-state index in [9.17, 15) is 9.18 Å². The molecule has 0 aromatic heterocycles. The average Bonchev–Trinajstić information content (AvgIpc) is 2.17. The number of ether oxygens (including phenoxy) is 1. The number of carbonyl (C=O) groups is 1. The third-order valence-electron chi connectivity index (χ3n) is 1.30. The first kappa shape index (κ1) is 6.87. The van der Waals surface area contributed by atoms with E-state index in [2.05, 4.69) is 4.74 Å². The fourth-order valence-electron chi connectivity index (χ4n) is 0.665. The SMILES string of the molecule is C#CC1OC(=O)N(C)C1F. The first-order valence-electron chi connectivity index (χ1n) is 2.70. The highest BCUT2D eigenvalue weighted by atomic mass is 19.1. The van der Waals surface area contributed by atoms with Gasteiger partial charge in [-0.3, -0.25) is 4.90 Å². The molecular weight excluding hydrogens is 137 g/mol. The molecule has 0 saturated carbocycles. The van der Waals surface area contributed by atoms with Crippen molar-refractivity contribution in [3.63, 3.8) is 0 Å². The molecule has 1 fully saturated rings. The van der Waals surface area contributed by atoms with Gasteiger partial charge in [-0.15, -0.1) is 6.42 Å². The zero-order valence-electron chi connectivity index (χ0n) is 5.37. The number of cyclic esters (lactones) is 1. The Balaban J connectivity index is 2.73. The number of hydrogen-bond acceptors (Lipinski definition) is 2. The van der Waals surface area contributed by atoms with E-state index in [4.69, 9.17) is 6.42 Å². The lowest BCUT2D eigenvalue weighted by Crippen LogP contribution is -2.28. The molecular formula is C6H6FNO2. The normalized spacial score (nSPS) is 31.7. The van der Waals surface area contributed by atoms with Gasteiger partial charge >= 0.3 is 6.09 Å². The summed E-state index contributed by atoms with van der Waals surface area (Å²) in [6.07, 6.45) is 1.60. The molecule has 0 bridgehead atoms. The van der Waals surface area contributed by atoms with Crippen LogP contribution in [0.2, 0.25) is 0 Å². The predicted molar refractivity (Wildman–Crippen MR) is 31.8 cm³/mol. The number of amides is 1. The van der Waals surface area contributed by atoms with Crippen molar-refractivity contribution in [1.29, 1.82) is 0 Å². The van der Waals surface area contributed by atoms with Gasteiger partial charge in [0.1, 0.15) is 0 Å². The lowest BCUT2D eigenvalue weighted by Gasteiger charge is -2.06. The number of carbonyl (C=O) groups excluding carboxylic acids is 1. The van der Waals surface area contributed by atoms with Gasteiger partial charge in [0.15, 0.2) is 0 Å². The summed E-state index contributed by atoms with van der Waals surface area (Å²) in [5.41, 5.74) is 0. The van der Waals surface area contributed by atoms with Crippen molar-refractivity contribution in [2.45, 2.75) is 12.4 Å². The topological polar surface area (TPSA) is 29.5 Å². The van der Waals surface area contributed by atoms with Crippen molar-refractivity contribution >= 4 is 6.09 Å². The van der Waals surface area contributed by atoms with E-state index in [1.165, 1.54) is 7.05 Å². The molecule has 0 aromatic carbocycles. The average molecular weight is 143 g/mol. The van der Waals surface area contributed by atoms with Crippen molar-refractivity contribution in [3.8, 4) is 12.3 Å². The summed E-state index contributed by atoms with van der Waals surface area (Å²) in [4.78, 5) is 11.3. The Bertz CT molecular complexity index is 198. The van der Waals surface area contributed by atoms with Crippen molar-refractivity contribution in [1.82, 2.24) is 4.90 Å². The van der Waals surface area contributed by atoms with E-state index < -0.39 is 18.5 Å². The molecule has 0 aromatic rings. The Kier molecular flexibility index (Phi) is 1.50. The molecule has 1 aliphatic heterocycles. The number of rotatable bonds is 0. The zero-order chi connectivity index (χ0) is 7.72. The lowest BCUT2D eigenvalue weighted by molar-refractivity contribution is 0.136. The molecule has 0 aliphatic carbocycles. The number of hydrogen-bond donors (Lipinski definition) is 0. The predicted octanol–water partition coefficient (Wildman–Crippen LogP) is 0.366. The summed E-state index contributed by atoms with van der Waals surface area (Å²) < 4.78 is 17.1. The van der Waals surface area contributed by atoms with Gasteiger partial charge in [0, 0.05) is 7.05 Å². The standard InChI is InChI=1S/C6H6FNO2/c1-3-4-5(7)8(2)6(9)10-4/h1,4-5H,2H3. The van der Waals surface area contributed by atoms with Gasteiger partial charge in [0.25, 0.3) is 0 Å². The minimum Gasteiger partial charge on any atom is -0.428 e. The Morgan fingerprint density at radius 3 is 2.70 bits per heavy atom. The highest BCUT2D eigenvalue weighted by Crippen LogP contribution is 2.17. The summed E-state index contributed by atoms with van der Waals surface area (Å²) in [5, 5.41) is 0. The largest absolute Gasteiger partial charge is 0.428 e. The lowest BCUT2D eigenvalue weighted by atomic mass is 10.3. The summed E-state index contributed by atoms with van der Waals surface area (Å²) >= 11 is 0. The highest BCUT2D eigenvalue weighted by Gasteiger charge is 2.38. The smallest absolute Gasteiger partial charge is 0.413 e. The molecule has 0 radical (unpaired) electrons. The summed E-state index contributed by atoms with van der Waals surface area (Å²) in [5.74, 6) is 2.01. The molecule has 3 nitrogen and oxygen atoms in total. The maximum atomic E-state index is 12.7. The van der Waals surface area contributed by atoms with Crippen LogP contribution in [-0.2, 0) is 4.74 Å². The molecule has 4 heteroatoms. The van der Waals surface area contributed by atoms with E-state index in [1.807, 2.05) is 5.92 Å². The molecule has 0 N–H and O–H groups in total. The van der Waals surface area contributed by atoms with Crippen LogP contribution in [0.4, 0.5) is 9.18 Å². The van der Waals surface area contributed by atoms with Crippen molar-refractivity contribution in [2.24, 2.45) is 0 Å². The summed E-state index contributed by atoms with van der Waals surface area (Å²) in [6.45, 7) is 0. The van der Waals surface area contributed by atoms with Crippen LogP contribution in [0.15, 0.2) is 0 Å². The van der Waals surface area contributed by atoms with Crippen LogP contribution in [-0.4, -0.2) is 30.4 Å². The maximum Gasteiger partial charge on any atom is 0.413 e. The zero-order valence-corrected chi connectivity index (χ0v) is 5.37. The number of nitrogens with zero attached hydrogens (tertiary/aromatic N) is 1. The minimum absolute atomic E-state index is 0.713. The molecule has 1 saturated heterocycles. The maximum absolute atomic E-state index is 12.7. The number of alkyl halides is 1. The van der Waals surface area contributed by atoms with Crippen LogP contribution in [0, 0.1) is 12.3 Å². The van der Waals surface area contributed by atoms with Crippen molar-refractivity contribution in [3.05, 3.63) is 0 Å². The van der Waals surface area contributed by atoms with Crippen LogP contribution in [0.3, 0.4) is 0 Å². The van der Waals surface area contributed by atoms with Gasteiger partial charge in [-0.1, -0.05) is 5.92 Å². The minimum atomic E-state index is -1.50. The Labute approximate surface area is 57.8 Å². The molecule has 1 amide bonds. The fourth-order valence-corrected chi connectivity index (χ4v) is 0.665. The molecule has 1 rings (SSSR count). The molecule has 1 aliphatic rings. The van der Waals surface area contributed by atoms with Crippen LogP contribution in [0.5, 0.6) is 0 Å². The van der Waals surface area contributed by atoms with Gasteiger partial charge in [-0.25, -0.2) is 9.18 Å². The Hall–Kier alpha value is -1.24. The van der Waals surface area contributed by atoms with Crippen LogP contribution in [0.1, 0.15) is 0 Å². The van der Waals surface area contributed by atoms with Crippen LogP contribution >= 0.6 is 0 Å². The third kappa shape index (κ3) is 0.798. The molecule has 54 valence electrons. The van der Waals surface area contributed by atoms with Gasteiger partial charge in [0.2, 0.25) is 12.4 Å². The number of terminal acetylenes is 1. The first-order chi connectivity index (χ1) is 4.66. The highest BCUT2D eigenvalue weighted by molar-refractivity contribution is 5.70. The summed E-state index contributed by atoms with van der Waals surface area (Å²) in [7, 11) is 1.30. The Morgan fingerprint density at radius 2 is 2.50 bits per heavy atom. The second kappa shape index (κ2) is 2.18. The molecule has 1 heterocycles. The fraction of sp³-hybridized carbons (Fsp3) is 0.500. The molecule has 2 unspecified atom stereocenters. The van der Waals surface area contributed by atoms with Crippen LogP contribution in [0.25, 0.3) is 0 Å². The second-order valence-electron chi connectivity index (χ2n) is 1.95. The van der Waals surface area contributed by atoms with Gasteiger partial charge in [-0.05, 0) is 0 Å². The van der Waals surface area contributed by atoms with Gasteiger partial charge in [-0.2, -0.15) is 0 Å². The quantitative estimate of drug-likeness (QED) is 0.362. The van der Waals surface area contributed by atoms with E-state index in [1.54, 1.807) is 0 Å². The molecule has 2 atom stereocenters. The van der Waals surface area contributed by atoms with Crippen molar-refractivity contribution in [2.75, 3.05) is 7.05 Å². The number of likely N-dealkylation sites (N-methyl/N-ethyl adjacent to an activating group) is 1. The number of halogens is 1. The van der Waals surface area contributed by atoms with Gasteiger partial charge < -0.3 is 4.74 Å². The third-order valence-corrected chi connectivity index (χ3v) is 1.30. The van der Waals surface area contributed by atoms with E-state index >= 15 is 0 Å². The first-order valence-corrected chi connectivity index (χ1v) is 2.70.